The molecule has 116 valence electrons. The summed E-state index contributed by atoms with van der Waals surface area (Å²) in [7, 11) is 0. The van der Waals surface area contributed by atoms with Crippen LogP contribution in [0.5, 0.6) is 0 Å². The molecule has 0 aromatic carbocycles. The quantitative estimate of drug-likeness (QED) is 0.556. The Labute approximate surface area is 123 Å². The molecule has 20 heavy (non-hydrogen) atoms. The third-order valence-electron chi connectivity index (χ3n) is 4.76. The van der Waals surface area contributed by atoms with Crippen LogP contribution in [0.3, 0.4) is 0 Å². The minimum absolute atomic E-state index is 0.628. The van der Waals surface area contributed by atoms with E-state index in [9.17, 15) is 0 Å². The monoisotopic (exact) mass is 281 g/mol. The highest BCUT2D eigenvalue weighted by molar-refractivity contribution is 5.77. The Morgan fingerprint density at radius 3 is 2.80 bits per heavy atom. The van der Waals surface area contributed by atoms with Gasteiger partial charge in [-0.3, -0.25) is 9.89 Å². The molecule has 2 saturated heterocycles. The Bertz CT molecular complexity index is 317. The molecule has 2 unspecified atom stereocenters. The van der Waals surface area contributed by atoms with Gasteiger partial charge >= 0.3 is 0 Å². The lowest BCUT2D eigenvalue weighted by Gasteiger charge is -2.23. The number of nitrogens with zero attached hydrogens (tertiary/aromatic N) is 3. The Morgan fingerprint density at radius 1 is 1.25 bits per heavy atom. The first-order valence-electron chi connectivity index (χ1n) is 8.23. The highest BCUT2D eigenvalue weighted by Gasteiger charge is 2.23. The first-order chi connectivity index (χ1) is 9.72. The molecule has 0 radical (unpaired) electrons. The van der Waals surface area contributed by atoms with Gasteiger partial charge < -0.3 is 16.0 Å². The van der Waals surface area contributed by atoms with Crippen LogP contribution in [-0.2, 0) is 0 Å². The Hall–Kier alpha value is -0.810. The first kappa shape index (κ1) is 15.6. The standard InChI is InChI=1S/C15H31N5/c1-3-19-9-7-13(12-19)10-17-15(16)18-11-14-6-5-8-20(14)4-2/h13-14H,3-12H2,1-2H3,(H3,16,17,18). The minimum Gasteiger partial charge on any atom is -0.370 e. The Morgan fingerprint density at radius 2 is 2.10 bits per heavy atom. The van der Waals surface area contributed by atoms with Crippen LogP contribution in [0.15, 0.2) is 4.99 Å². The summed E-state index contributed by atoms with van der Waals surface area (Å²) >= 11 is 0. The number of likely N-dealkylation sites (tertiary alicyclic amines) is 2. The topological polar surface area (TPSA) is 56.9 Å². The van der Waals surface area contributed by atoms with E-state index in [0.717, 1.165) is 26.2 Å². The average Bonchev–Trinajstić information content (AvgIpc) is 3.11. The third kappa shape index (κ3) is 4.35. The average molecular weight is 281 g/mol. The molecule has 0 aliphatic carbocycles. The second-order valence-electron chi connectivity index (χ2n) is 6.08. The van der Waals surface area contributed by atoms with Crippen LogP contribution in [0.4, 0.5) is 0 Å². The van der Waals surface area contributed by atoms with Crippen LogP contribution >= 0.6 is 0 Å². The van der Waals surface area contributed by atoms with Crippen molar-refractivity contribution in [2.24, 2.45) is 16.6 Å². The normalized spacial score (nSPS) is 29.2. The van der Waals surface area contributed by atoms with Crippen molar-refractivity contribution in [3.05, 3.63) is 0 Å². The predicted molar refractivity (Wildman–Crippen MR) is 85.0 cm³/mol. The Balaban J connectivity index is 1.66. The smallest absolute Gasteiger partial charge is 0.188 e. The molecule has 0 bridgehead atoms. The van der Waals surface area contributed by atoms with Gasteiger partial charge in [0.2, 0.25) is 0 Å². The fourth-order valence-corrected chi connectivity index (χ4v) is 3.40. The van der Waals surface area contributed by atoms with Crippen LogP contribution < -0.4 is 11.1 Å². The van der Waals surface area contributed by atoms with Crippen molar-refractivity contribution in [2.75, 3.05) is 45.8 Å². The van der Waals surface area contributed by atoms with Crippen molar-refractivity contribution in [1.29, 1.82) is 0 Å². The first-order valence-corrected chi connectivity index (χ1v) is 8.23. The third-order valence-corrected chi connectivity index (χ3v) is 4.76. The molecule has 0 aromatic heterocycles. The van der Waals surface area contributed by atoms with Crippen LogP contribution in [0.2, 0.25) is 0 Å². The van der Waals surface area contributed by atoms with E-state index < -0.39 is 0 Å². The minimum atomic E-state index is 0.628. The lowest BCUT2D eigenvalue weighted by atomic mass is 10.1. The van der Waals surface area contributed by atoms with Crippen molar-refractivity contribution in [3.8, 4) is 0 Å². The van der Waals surface area contributed by atoms with Gasteiger partial charge in [0, 0.05) is 25.7 Å². The lowest BCUT2D eigenvalue weighted by Crippen LogP contribution is -2.42. The molecular weight excluding hydrogens is 250 g/mol. The van der Waals surface area contributed by atoms with Gasteiger partial charge in [-0.05, 0) is 51.4 Å². The maximum atomic E-state index is 5.99. The second-order valence-corrected chi connectivity index (χ2v) is 6.08. The summed E-state index contributed by atoms with van der Waals surface area (Å²) in [6.45, 7) is 12.2. The van der Waals surface area contributed by atoms with Crippen molar-refractivity contribution in [3.63, 3.8) is 0 Å². The molecule has 2 atom stereocenters. The molecule has 5 nitrogen and oxygen atoms in total. The molecule has 5 heteroatoms. The summed E-state index contributed by atoms with van der Waals surface area (Å²) < 4.78 is 0. The summed E-state index contributed by atoms with van der Waals surface area (Å²) in [6, 6.07) is 0.635. The zero-order valence-electron chi connectivity index (χ0n) is 13.1. The van der Waals surface area contributed by atoms with Gasteiger partial charge in [0.1, 0.15) is 0 Å². The molecule has 3 N–H and O–H groups in total. The van der Waals surface area contributed by atoms with E-state index in [1.807, 2.05) is 0 Å². The van der Waals surface area contributed by atoms with Gasteiger partial charge in [0.25, 0.3) is 0 Å². The summed E-state index contributed by atoms with van der Waals surface area (Å²) in [5.41, 5.74) is 5.99. The number of rotatable bonds is 6. The lowest BCUT2D eigenvalue weighted by molar-refractivity contribution is 0.267. The zero-order chi connectivity index (χ0) is 14.4. The number of hydrogen-bond acceptors (Lipinski definition) is 3. The summed E-state index contributed by atoms with van der Waals surface area (Å²) in [5, 5.41) is 3.31. The van der Waals surface area contributed by atoms with E-state index >= 15 is 0 Å². The molecule has 2 aliphatic rings. The highest BCUT2D eigenvalue weighted by atomic mass is 15.2. The van der Waals surface area contributed by atoms with Gasteiger partial charge in [-0.2, -0.15) is 0 Å². The SMILES string of the molecule is CCN1CCC(CN=C(N)NCC2CCCN2CC)C1. The van der Waals surface area contributed by atoms with E-state index in [-0.39, 0.29) is 0 Å². The molecule has 2 heterocycles. The predicted octanol–water partition coefficient (Wildman–Crippen LogP) is 0.717. The number of hydrogen-bond donors (Lipinski definition) is 2. The molecular formula is C15H31N5. The van der Waals surface area contributed by atoms with Crippen LogP contribution in [0.1, 0.15) is 33.1 Å². The number of aliphatic imine (C=N–C) groups is 1. The molecule has 2 rings (SSSR count). The fourth-order valence-electron chi connectivity index (χ4n) is 3.40. The highest BCUT2D eigenvalue weighted by Crippen LogP contribution is 2.16. The van der Waals surface area contributed by atoms with Crippen molar-refractivity contribution in [2.45, 2.75) is 39.2 Å². The van der Waals surface area contributed by atoms with E-state index in [0.29, 0.717) is 17.9 Å². The Kier molecular flexibility index (Phi) is 6.10. The second kappa shape index (κ2) is 7.84. The van der Waals surface area contributed by atoms with Gasteiger partial charge in [-0.25, -0.2) is 0 Å². The van der Waals surface area contributed by atoms with Crippen molar-refractivity contribution in [1.82, 2.24) is 15.1 Å². The van der Waals surface area contributed by atoms with E-state index in [4.69, 9.17) is 5.73 Å². The number of guanidine groups is 1. The van der Waals surface area contributed by atoms with Gasteiger partial charge in [-0.15, -0.1) is 0 Å². The van der Waals surface area contributed by atoms with Gasteiger partial charge in [0.15, 0.2) is 5.96 Å². The van der Waals surface area contributed by atoms with Crippen LogP contribution in [0.25, 0.3) is 0 Å². The largest absolute Gasteiger partial charge is 0.370 e. The fraction of sp³-hybridized carbons (Fsp3) is 0.933. The molecule has 2 aliphatic heterocycles. The number of nitrogens with one attached hydrogen (secondary N) is 1. The zero-order valence-corrected chi connectivity index (χ0v) is 13.1. The number of nitrogens with two attached hydrogens (primary N) is 1. The van der Waals surface area contributed by atoms with Crippen molar-refractivity contribution >= 4 is 5.96 Å². The van der Waals surface area contributed by atoms with Crippen LogP contribution in [-0.4, -0.2) is 67.6 Å². The maximum Gasteiger partial charge on any atom is 0.188 e. The summed E-state index contributed by atoms with van der Waals surface area (Å²) in [5.74, 6) is 1.32. The molecule has 0 spiro atoms. The maximum absolute atomic E-state index is 5.99. The molecule has 0 saturated carbocycles. The van der Waals surface area contributed by atoms with Crippen molar-refractivity contribution < 1.29 is 0 Å². The molecule has 0 aromatic rings. The number of likely N-dealkylation sites (N-methyl/N-ethyl adjacent to an activating group) is 1. The summed E-state index contributed by atoms with van der Waals surface area (Å²) in [6.07, 6.45) is 3.85. The van der Waals surface area contributed by atoms with Gasteiger partial charge in [-0.1, -0.05) is 13.8 Å². The molecule has 0 amide bonds. The van der Waals surface area contributed by atoms with E-state index in [1.165, 1.54) is 38.9 Å². The van der Waals surface area contributed by atoms with Gasteiger partial charge in [0.05, 0.1) is 0 Å². The summed E-state index contributed by atoms with van der Waals surface area (Å²) in [4.78, 5) is 9.54. The molecule has 2 fully saturated rings. The van der Waals surface area contributed by atoms with E-state index in [2.05, 4.69) is 34.0 Å². The van der Waals surface area contributed by atoms with E-state index in [1.54, 1.807) is 0 Å². The van der Waals surface area contributed by atoms with Crippen LogP contribution in [0, 0.1) is 5.92 Å².